The molecule has 5 heteroatoms. The van der Waals surface area contributed by atoms with Gasteiger partial charge in [-0.05, 0) is 25.5 Å². The molecule has 16 heavy (non-hydrogen) atoms. The van der Waals surface area contributed by atoms with Crippen LogP contribution in [0.4, 0.5) is 0 Å². The third-order valence-electron chi connectivity index (χ3n) is 2.37. The van der Waals surface area contributed by atoms with Gasteiger partial charge in [0.05, 0.1) is 5.69 Å². The van der Waals surface area contributed by atoms with E-state index in [2.05, 4.69) is 15.1 Å². The van der Waals surface area contributed by atoms with Crippen LogP contribution in [0.15, 0.2) is 24.7 Å². The molecule has 0 aliphatic carbocycles. The Hall–Kier alpha value is -1.75. The minimum atomic E-state index is -0.817. The van der Waals surface area contributed by atoms with E-state index in [4.69, 9.17) is 0 Å². The summed E-state index contributed by atoms with van der Waals surface area (Å²) >= 11 is 0. The molecule has 5 nitrogen and oxygen atoms in total. The number of nitrogens with zero attached hydrogens (tertiary/aromatic N) is 4. The van der Waals surface area contributed by atoms with E-state index in [1.807, 2.05) is 13.8 Å². The molecule has 0 aliphatic rings. The average molecular weight is 218 g/mol. The summed E-state index contributed by atoms with van der Waals surface area (Å²) in [7, 11) is 0. The normalized spacial score (nSPS) is 12.7. The minimum Gasteiger partial charge on any atom is -0.379 e. The van der Waals surface area contributed by atoms with Gasteiger partial charge in [-0.1, -0.05) is 0 Å². The number of aryl methyl sites for hydroxylation is 2. The smallest absolute Gasteiger partial charge is 0.163 e. The van der Waals surface area contributed by atoms with Crippen LogP contribution in [0.3, 0.4) is 0 Å². The summed E-state index contributed by atoms with van der Waals surface area (Å²) in [4.78, 5) is 8.21. The van der Waals surface area contributed by atoms with Gasteiger partial charge in [-0.25, -0.2) is 9.97 Å². The molecular weight excluding hydrogens is 204 g/mol. The fourth-order valence-corrected chi connectivity index (χ4v) is 1.52. The summed E-state index contributed by atoms with van der Waals surface area (Å²) in [5, 5.41) is 14.2. The summed E-state index contributed by atoms with van der Waals surface area (Å²) in [6, 6.07) is 1.78. The second-order valence-corrected chi connectivity index (χ2v) is 3.59. The van der Waals surface area contributed by atoms with Crippen molar-refractivity contribution in [3.63, 3.8) is 0 Å². The lowest BCUT2D eigenvalue weighted by molar-refractivity contribution is 0.198. The maximum absolute atomic E-state index is 10.1. The molecule has 1 unspecified atom stereocenters. The van der Waals surface area contributed by atoms with Gasteiger partial charge in [0, 0.05) is 25.1 Å². The molecule has 0 saturated heterocycles. The van der Waals surface area contributed by atoms with Gasteiger partial charge in [-0.15, -0.1) is 0 Å². The predicted octanol–water partition coefficient (Wildman–Crippen LogP) is 1.08. The first-order valence-electron chi connectivity index (χ1n) is 5.20. The van der Waals surface area contributed by atoms with Gasteiger partial charge >= 0.3 is 0 Å². The van der Waals surface area contributed by atoms with Crippen molar-refractivity contribution in [1.29, 1.82) is 0 Å². The van der Waals surface area contributed by atoms with E-state index in [0.717, 1.165) is 5.56 Å². The van der Waals surface area contributed by atoms with Crippen LogP contribution >= 0.6 is 0 Å². The minimum absolute atomic E-state index is 0.404. The Morgan fingerprint density at radius 1 is 1.38 bits per heavy atom. The molecule has 0 spiro atoms. The fourth-order valence-electron chi connectivity index (χ4n) is 1.52. The molecule has 1 N–H and O–H groups in total. The van der Waals surface area contributed by atoms with Crippen molar-refractivity contribution in [3.05, 3.63) is 41.7 Å². The second kappa shape index (κ2) is 4.40. The Balaban J connectivity index is 2.31. The summed E-state index contributed by atoms with van der Waals surface area (Å²) in [5.41, 5.74) is 1.69. The summed E-state index contributed by atoms with van der Waals surface area (Å²) < 4.78 is 1.73. The van der Waals surface area contributed by atoms with Crippen LogP contribution in [0.2, 0.25) is 0 Å². The number of aliphatic hydroxyl groups is 1. The topological polar surface area (TPSA) is 63.8 Å². The highest BCUT2D eigenvalue weighted by molar-refractivity contribution is 5.14. The molecule has 0 saturated carbocycles. The highest BCUT2D eigenvalue weighted by Crippen LogP contribution is 2.17. The quantitative estimate of drug-likeness (QED) is 0.837. The lowest BCUT2D eigenvalue weighted by Crippen LogP contribution is -2.11. The zero-order valence-electron chi connectivity index (χ0n) is 9.33. The molecule has 2 heterocycles. The molecule has 2 aromatic heterocycles. The maximum Gasteiger partial charge on any atom is 0.163 e. The average Bonchev–Trinajstić information content (AvgIpc) is 2.77. The Morgan fingerprint density at radius 3 is 2.69 bits per heavy atom. The lowest BCUT2D eigenvalue weighted by Gasteiger charge is -2.10. The molecular formula is C11H14N4O. The number of hydrogen-bond donors (Lipinski definition) is 1. The van der Waals surface area contributed by atoms with Crippen molar-refractivity contribution in [1.82, 2.24) is 19.7 Å². The van der Waals surface area contributed by atoms with Crippen LogP contribution in [0, 0.1) is 6.92 Å². The first kappa shape index (κ1) is 10.8. The van der Waals surface area contributed by atoms with E-state index in [0.29, 0.717) is 18.1 Å². The van der Waals surface area contributed by atoms with Crippen LogP contribution in [0.5, 0.6) is 0 Å². The molecule has 0 bridgehead atoms. The van der Waals surface area contributed by atoms with Gasteiger partial charge in [-0.2, -0.15) is 5.10 Å². The third-order valence-corrected chi connectivity index (χ3v) is 2.37. The fraction of sp³-hybridized carbons (Fsp3) is 0.364. The molecule has 2 aromatic rings. The standard InChI is InChI=1S/C11H14N4O/c1-3-15-9(4-5-14-15)10(16)11-12-6-8(2)7-13-11/h4-7,10,16H,3H2,1-2H3. The van der Waals surface area contributed by atoms with Crippen LogP contribution in [0.25, 0.3) is 0 Å². The van der Waals surface area contributed by atoms with E-state index >= 15 is 0 Å². The van der Waals surface area contributed by atoms with Crippen molar-refractivity contribution in [2.45, 2.75) is 26.5 Å². The first-order chi connectivity index (χ1) is 7.72. The van der Waals surface area contributed by atoms with Crippen molar-refractivity contribution >= 4 is 0 Å². The van der Waals surface area contributed by atoms with Crippen molar-refractivity contribution in [2.24, 2.45) is 0 Å². The molecule has 2 rings (SSSR count). The van der Waals surface area contributed by atoms with Crippen LogP contribution in [0.1, 0.15) is 30.1 Å². The molecule has 84 valence electrons. The SMILES string of the molecule is CCn1nccc1C(O)c1ncc(C)cn1. The van der Waals surface area contributed by atoms with Crippen LogP contribution < -0.4 is 0 Å². The van der Waals surface area contributed by atoms with Gasteiger partial charge in [0.2, 0.25) is 0 Å². The Kier molecular flexibility index (Phi) is 2.96. The van der Waals surface area contributed by atoms with Crippen molar-refractivity contribution in [2.75, 3.05) is 0 Å². The summed E-state index contributed by atoms with van der Waals surface area (Å²) in [6.07, 6.45) is 4.23. The van der Waals surface area contributed by atoms with Gasteiger partial charge in [0.15, 0.2) is 11.9 Å². The predicted molar refractivity (Wildman–Crippen MR) is 58.7 cm³/mol. The van der Waals surface area contributed by atoms with Crippen LogP contribution in [-0.2, 0) is 6.54 Å². The van der Waals surface area contributed by atoms with Gasteiger partial charge < -0.3 is 5.11 Å². The van der Waals surface area contributed by atoms with Crippen molar-refractivity contribution in [3.8, 4) is 0 Å². The van der Waals surface area contributed by atoms with Gasteiger partial charge in [-0.3, -0.25) is 4.68 Å². The summed E-state index contributed by atoms with van der Waals surface area (Å²) in [6.45, 7) is 4.59. The van der Waals surface area contributed by atoms with E-state index in [-0.39, 0.29) is 0 Å². The number of aliphatic hydroxyl groups excluding tert-OH is 1. The zero-order chi connectivity index (χ0) is 11.5. The van der Waals surface area contributed by atoms with E-state index < -0.39 is 6.10 Å². The number of rotatable bonds is 3. The van der Waals surface area contributed by atoms with E-state index in [9.17, 15) is 5.11 Å². The molecule has 1 atom stereocenters. The largest absolute Gasteiger partial charge is 0.379 e. The molecule has 0 radical (unpaired) electrons. The molecule has 0 fully saturated rings. The number of hydrogen-bond acceptors (Lipinski definition) is 4. The van der Waals surface area contributed by atoms with Gasteiger partial charge in [0.1, 0.15) is 0 Å². The monoisotopic (exact) mass is 218 g/mol. The molecule has 0 aromatic carbocycles. The second-order valence-electron chi connectivity index (χ2n) is 3.59. The Labute approximate surface area is 93.8 Å². The Morgan fingerprint density at radius 2 is 2.06 bits per heavy atom. The number of aromatic nitrogens is 4. The Bertz CT molecular complexity index is 463. The maximum atomic E-state index is 10.1. The highest BCUT2D eigenvalue weighted by atomic mass is 16.3. The lowest BCUT2D eigenvalue weighted by atomic mass is 10.2. The third kappa shape index (κ3) is 1.94. The van der Waals surface area contributed by atoms with E-state index in [1.54, 1.807) is 29.3 Å². The highest BCUT2D eigenvalue weighted by Gasteiger charge is 2.16. The molecule has 0 aliphatic heterocycles. The van der Waals surface area contributed by atoms with Crippen LogP contribution in [-0.4, -0.2) is 24.9 Å². The first-order valence-corrected chi connectivity index (χ1v) is 5.20. The van der Waals surface area contributed by atoms with E-state index in [1.165, 1.54) is 0 Å². The van der Waals surface area contributed by atoms with Gasteiger partial charge in [0.25, 0.3) is 0 Å². The summed E-state index contributed by atoms with van der Waals surface area (Å²) in [5.74, 6) is 0.404. The molecule has 0 amide bonds. The zero-order valence-corrected chi connectivity index (χ0v) is 9.33. The van der Waals surface area contributed by atoms with Crippen molar-refractivity contribution < 1.29 is 5.11 Å².